The predicted octanol–water partition coefficient (Wildman–Crippen LogP) is 1.84. The van der Waals surface area contributed by atoms with E-state index in [2.05, 4.69) is 20.4 Å². The van der Waals surface area contributed by atoms with Gasteiger partial charge in [-0.25, -0.2) is 4.79 Å². The van der Waals surface area contributed by atoms with Crippen molar-refractivity contribution in [3.63, 3.8) is 0 Å². The van der Waals surface area contributed by atoms with E-state index in [-0.39, 0.29) is 24.0 Å². The number of carbonyl (C=O) groups excluding carboxylic acids is 2. The van der Waals surface area contributed by atoms with Gasteiger partial charge in [0.25, 0.3) is 0 Å². The van der Waals surface area contributed by atoms with Gasteiger partial charge in [0.05, 0.1) is 16.8 Å². The first-order chi connectivity index (χ1) is 11.5. The molecule has 0 unspecified atom stereocenters. The molecule has 0 aromatic heterocycles. The Morgan fingerprint density at radius 2 is 1.83 bits per heavy atom. The molecule has 1 atom stereocenters. The molecule has 1 heterocycles. The summed E-state index contributed by atoms with van der Waals surface area (Å²) in [6, 6.07) is 7.32. The number of carbonyl (C=O) groups is 2. The van der Waals surface area contributed by atoms with E-state index in [1.165, 1.54) is 0 Å². The zero-order chi connectivity index (χ0) is 17.1. The highest BCUT2D eigenvalue weighted by Crippen LogP contribution is 2.26. The number of imide groups is 1. The molecule has 1 aromatic rings. The van der Waals surface area contributed by atoms with E-state index in [4.69, 9.17) is 11.6 Å². The Morgan fingerprint density at radius 3 is 2.46 bits per heavy atom. The fraction of sp³-hybridized carbons (Fsp3) is 0.529. The van der Waals surface area contributed by atoms with Crippen LogP contribution in [0.25, 0.3) is 0 Å². The van der Waals surface area contributed by atoms with E-state index in [1.807, 2.05) is 31.2 Å². The van der Waals surface area contributed by atoms with Crippen molar-refractivity contribution in [1.82, 2.24) is 15.5 Å². The normalized spacial score (nSPS) is 19.7. The fourth-order valence-electron chi connectivity index (χ4n) is 2.89. The number of amides is 3. The van der Waals surface area contributed by atoms with E-state index < -0.39 is 0 Å². The number of nitrogens with one attached hydrogen (secondary N) is 2. The number of urea groups is 1. The molecule has 130 valence electrons. The molecule has 3 rings (SSSR count). The third kappa shape index (κ3) is 4.19. The molecule has 1 saturated heterocycles. The second kappa shape index (κ2) is 7.40. The van der Waals surface area contributed by atoms with Crippen molar-refractivity contribution >= 4 is 29.2 Å². The van der Waals surface area contributed by atoms with Crippen LogP contribution >= 0.6 is 11.6 Å². The maximum Gasteiger partial charge on any atom is 0.321 e. The summed E-state index contributed by atoms with van der Waals surface area (Å²) in [5.41, 5.74) is 1.03. The van der Waals surface area contributed by atoms with Crippen molar-refractivity contribution in [3.05, 3.63) is 29.3 Å². The van der Waals surface area contributed by atoms with Crippen molar-refractivity contribution in [2.45, 2.75) is 31.8 Å². The Labute approximate surface area is 147 Å². The number of hydrogen-bond donors (Lipinski definition) is 2. The summed E-state index contributed by atoms with van der Waals surface area (Å²) in [7, 11) is 0. The molecule has 7 heteroatoms. The standard InChI is InChI=1S/C17H23ClN4O2/c1-12(16(23)20-17(24)19-13-6-7-13)21-8-10-22(11-9-21)15-5-3-2-4-14(15)18/h2-5,12-13H,6-11H2,1H3,(H2,19,20,23,24)/t12-/m1/s1. The minimum Gasteiger partial charge on any atom is -0.368 e. The van der Waals surface area contributed by atoms with Crippen LogP contribution < -0.4 is 15.5 Å². The van der Waals surface area contributed by atoms with Gasteiger partial charge in [0, 0.05) is 32.2 Å². The topological polar surface area (TPSA) is 64.7 Å². The highest BCUT2D eigenvalue weighted by molar-refractivity contribution is 6.33. The van der Waals surface area contributed by atoms with Crippen molar-refractivity contribution < 1.29 is 9.59 Å². The molecule has 6 nitrogen and oxygen atoms in total. The van der Waals surface area contributed by atoms with Gasteiger partial charge in [0.1, 0.15) is 0 Å². The second-order valence-electron chi connectivity index (χ2n) is 6.39. The van der Waals surface area contributed by atoms with E-state index in [0.717, 1.165) is 49.7 Å². The lowest BCUT2D eigenvalue weighted by Gasteiger charge is -2.38. The number of nitrogens with zero attached hydrogens (tertiary/aromatic N) is 2. The molecule has 1 aliphatic carbocycles. The van der Waals surface area contributed by atoms with Gasteiger partial charge >= 0.3 is 6.03 Å². The van der Waals surface area contributed by atoms with Crippen molar-refractivity contribution in [1.29, 1.82) is 0 Å². The average molecular weight is 351 g/mol. The van der Waals surface area contributed by atoms with Crippen LogP contribution in [0.4, 0.5) is 10.5 Å². The summed E-state index contributed by atoms with van der Waals surface area (Å²) in [5, 5.41) is 5.94. The van der Waals surface area contributed by atoms with Crippen LogP contribution in [0.2, 0.25) is 5.02 Å². The smallest absolute Gasteiger partial charge is 0.321 e. The molecular weight excluding hydrogens is 328 g/mol. The van der Waals surface area contributed by atoms with Gasteiger partial charge in [-0.15, -0.1) is 0 Å². The molecule has 2 fully saturated rings. The number of benzene rings is 1. The van der Waals surface area contributed by atoms with Gasteiger partial charge in [-0.3, -0.25) is 15.0 Å². The first-order valence-corrected chi connectivity index (χ1v) is 8.77. The van der Waals surface area contributed by atoms with Gasteiger partial charge in [-0.05, 0) is 31.9 Å². The Balaban J connectivity index is 1.49. The quantitative estimate of drug-likeness (QED) is 0.869. The van der Waals surface area contributed by atoms with Gasteiger partial charge in [0.15, 0.2) is 0 Å². The summed E-state index contributed by atoms with van der Waals surface area (Å²) in [4.78, 5) is 28.2. The molecule has 1 saturated carbocycles. The highest BCUT2D eigenvalue weighted by atomic mass is 35.5. The van der Waals surface area contributed by atoms with Gasteiger partial charge < -0.3 is 10.2 Å². The van der Waals surface area contributed by atoms with Crippen LogP contribution in [0.3, 0.4) is 0 Å². The van der Waals surface area contributed by atoms with E-state index >= 15 is 0 Å². The van der Waals surface area contributed by atoms with Crippen LogP contribution in [0, 0.1) is 0 Å². The minimum absolute atomic E-state index is 0.243. The molecule has 0 spiro atoms. The molecule has 3 amide bonds. The second-order valence-corrected chi connectivity index (χ2v) is 6.79. The van der Waals surface area contributed by atoms with Crippen LogP contribution in [0.5, 0.6) is 0 Å². The van der Waals surface area contributed by atoms with Crippen LogP contribution in [0.15, 0.2) is 24.3 Å². The number of rotatable bonds is 4. The number of anilines is 1. The maximum atomic E-state index is 12.2. The molecule has 0 radical (unpaired) electrons. The zero-order valence-electron chi connectivity index (χ0n) is 13.8. The monoisotopic (exact) mass is 350 g/mol. The zero-order valence-corrected chi connectivity index (χ0v) is 14.6. The molecule has 24 heavy (non-hydrogen) atoms. The lowest BCUT2D eigenvalue weighted by molar-refractivity contribution is -0.124. The molecule has 0 bridgehead atoms. The summed E-state index contributed by atoms with van der Waals surface area (Å²) in [5.74, 6) is -0.251. The summed E-state index contributed by atoms with van der Waals surface area (Å²) in [6.45, 7) is 4.95. The van der Waals surface area contributed by atoms with Crippen LogP contribution in [-0.2, 0) is 4.79 Å². The highest BCUT2D eigenvalue weighted by Gasteiger charge is 2.29. The van der Waals surface area contributed by atoms with Gasteiger partial charge in [-0.2, -0.15) is 0 Å². The largest absolute Gasteiger partial charge is 0.368 e. The Hall–Kier alpha value is -1.79. The first-order valence-electron chi connectivity index (χ1n) is 8.39. The third-order valence-electron chi connectivity index (χ3n) is 4.58. The molecule has 2 N–H and O–H groups in total. The van der Waals surface area contributed by atoms with E-state index in [0.29, 0.717) is 0 Å². The van der Waals surface area contributed by atoms with E-state index in [1.54, 1.807) is 0 Å². The Morgan fingerprint density at radius 1 is 1.17 bits per heavy atom. The van der Waals surface area contributed by atoms with Crippen LogP contribution in [-0.4, -0.2) is 55.1 Å². The third-order valence-corrected chi connectivity index (χ3v) is 4.90. The summed E-state index contributed by atoms with van der Waals surface area (Å²) >= 11 is 6.25. The SMILES string of the molecule is C[C@H](C(=O)NC(=O)NC1CC1)N1CCN(c2ccccc2Cl)CC1. The maximum absolute atomic E-state index is 12.2. The number of para-hydroxylation sites is 1. The van der Waals surface area contributed by atoms with Crippen molar-refractivity contribution in [2.24, 2.45) is 0 Å². The Bertz CT molecular complexity index is 612. The lowest BCUT2D eigenvalue weighted by atomic mass is 10.2. The van der Waals surface area contributed by atoms with Crippen molar-refractivity contribution in [3.8, 4) is 0 Å². The van der Waals surface area contributed by atoms with Crippen molar-refractivity contribution in [2.75, 3.05) is 31.1 Å². The lowest BCUT2D eigenvalue weighted by Crippen LogP contribution is -2.55. The van der Waals surface area contributed by atoms with E-state index in [9.17, 15) is 9.59 Å². The number of halogens is 1. The molecule has 1 aromatic carbocycles. The number of hydrogen-bond acceptors (Lipinski definition) is 4. The summed E-state index contributed by atoms with van der Waals surface area (Å²) in [6.07, 6.45) is 2.00. The van der Waals surface area contributed by atoms with Gasteiger partial charge in [0.2, 0.25) is 5.91 Å². The molecule has 1 aliphatic heterocycles. The predicted molar refractivity (Wildman–Crippen MR) is 94.4 cm³/mol. The molecule has 2 aliphatic rings. The minimum atomic E-state index is -0.385. The average Bonchev–Trinajstić information content (AvgIpc) is 3.38. The Kier molecular flexibility index (Phi) is 5.26. The number of piperazine rings is 1. The summed E-state index contributed by atoms with van der Waals surface area (Å²) < 4.78 is 0. The molecular formula is C17H23ClN4O2. The fourth-order valence-corrected chi connectivity index (χ4v) is 3.14. The van der Waals surface area contributed by atoms with Crippen LogP contribution in [0.1, 0.15) is 19.8 Å². The first kappa shape index (κ1) is 17.0. The van der Waals surface area contributed by atoms with Gasteiger partial charge in [-0.1, -0.05) is 23.7 Å².